The molecule has 3 aromatic rings. The van der Waals surface area contributed by atoms with Crippen LogP contribution in [0, 0.1) is 0 Å². The van der Waals surface area contributed by atoms with Crippen LogP contribution in [0.15, 0.2) is 53.1 Å². The van der Waals surface area contributed by atoms with Gasteiger partial charge in [-0.2, -0.15) is 0 Å². The third-order valence-electron chi connectivity index (χ3n) is 4.87. The van der Waals surface area contributed by atoms with Crippen molar-refractivity contribution in [3.63, 3.8) is 0 Å². The van der Waals surface area contributed by atoms with Gasteiger partial charge in [0.15, 0.2) is 5.96 Å². The first-order valence-corrected chi connectivity index (χ1v) is 10.9. The molecular weight excluding hydrogens is 523 g/mol. The van der Waals surface area contributed by atoms with E-state index in [1.165, 1.54) is 5.56 Å². The summed E-state index contributed by atoms with van der Waals surface area (Å²) in [5, 5.41) is 6.51. The molecule has 168 valence electrons. The molecule has 0 radical (unpaired) electrons. The monoisotopic (exact) mass is 554 g/mol. The van der Waals surface area contributed by atoms with Crippen LogP contribution in [0.3, 0.4) is 0 Å². The van der Waals surface area contributed by atoms with Crippen LogP contribution in [-0.4, -0.2) is 53.1 Å². The number of nitrogens with zero attached hydrogens (tertiary/aromatic N) is 5. The number of nitrogens with one attached hydrogen (secondary N) is 1. The summed E-state index contributed by atoms with van der Waals surface area (Å²) in [5.74, 6) is 1.90. The second kappa shape index (κ2) is 12.8. The van der Waals surface area contributed by atoms with E-state index in [0.717, 1.165) is 42.0 Å². The number of halogens is 1. The maximum atomic E-state index is 5.35. The van der Waals surface area contributed by atoms with Gasteiger partial charge >= 0.3 is 0 Å². The van der Waals surface area contributed by atoms with Gasteiger partial charge in [-0.1, -0.05) is 30.3 Å². The van der Waals surface area contributed by atoms with Gasteiger partial charge in [0.05, 0.1) is 12.2 Å². The van der Waals surface area contributed by atoms with Gasteiger partial charge in [-0.25, -0.2) is 9.97 Å². The van der Waals surface area contributed by atoms with Crippen LogP contribution in [0.5, 0.6) is 0 Å². The lowest BCUT2D eigenvalue weighted by Crippen LogP contribution is -2.39. The van der Waals surface area contributed by atoms with Crippen molar-refractivity contribution in [3.8, 4) is 0 Å². The predicted molar refractivity (Wildman–Crippen MR) is 137 cm³/mol. The number of aliphatic imine (C=N–C) groups is 1. The van der Waals surface area contributed by atoms with Gasteiger partial charge in [0, 0.05) is 58.5 Å². The molecule has 0 saturated heterocycles. The van der Waals surface area contributed by atoms with Crippen LogP contribution in [0.25, 0.3) is 0 Å². The normalized spacial score (nSPS) is 12.3. The number of thiazole rings is 1. The molecular formula is C22H31IN6OS. The SMILES string of the molecule is CN=C(NCCc1nccn1Cc1ccccc1)N(C)Cc1csc(C(C)OC)n1.I. The van der Waals surface area contributed by atoms with Crippen LogP contribution < -0.4 is 5.32 Å². The Bertz CT molecular complexity index is 942. The van der Waals surface area contributed by atoms with Crippen LogP contribution in [0.2, 0.25) is 0 Å². The minimum absolute atomic E-state index is 0. The van der Waals surface area contributed by atoms with E-state index in [2.05, 4.69) is 59.4 Å². The first kappa shape index (κ1) is 25.3. The Morgan fingerprint density at radius 3 is 2.81 bits per heavy atom. The van der Waals surface area contributed by atoms with Crippen LogP contribution in [0.4, 0.5) is 0 Å². The quantitative estimate of drug-likeness (QED) is 0.247. The average Bonchev–Trinajstić information content (AvgIpc) is 3.41. The van der Waals surface area contributed by atoms with Crippen molar-refractivity contribution in [1.29, 1.82) is 0 Å². The van der Waals surface area contributed by atoms with Crippen molar-refractivity contribution in [3.05, 3.63) is 70.2 Å². The number of ether oxygens (including phenoxy) is 1. The van der Waals surface area contributed by atoms with E-state index in [1.54, 1.807) is 25.5 Å². The molecule has 7 nitrogen and oxygen atoms in total. The summed E-state index contributed by atoms with van der Waals surface area (Å²) in [5.41, 5.74) is 2.29. The van der Waals surface area contributed by atoms with E-state index in [-0.39, 0.29) is 30.1 Å². The molecule has 1 unspecified atom stereocenters. The standard InChI is InChI=1S/C22H30N6OS.HI/c1-17(29-4)21-26-19(16-30-21)15-27(3)22(23-2)25-11-10-20-24-12-13-28(20)14-18-8-6-5-7-9-18;/h5-9,12-13,16-17H,10-11,14-15H2,1-4H3,(H,23,25);1H. The van der Waals surface area contributed by atoms with E-state index >= 15 is 0 Å². The Kier molecular flexibility index (Phi) is 10.4. The summed E-state index contributed by atoms with van der Waals surface area (Å²) < 4.78 is 7.54. The summed E-state index contributed by atoms with van der Waals surface area (Å²) in [4.78, 5) is 15.7. The zero-order valence-corrected chi connectivity index (χ0v) is 21.6. The molecule has 0 spiro atoms. The Balaban J connectivity index is 0.00000341. The lowest BCUT2D eigenvalue weighted by atomic mass is 10.2. The minimum atomic E-state index is 0. The fraction of sp³-hybridized carbons (Fsp3) is 0.409. The maximum absolute atomic E-state index is 5.35. The summed E-state index contributed by atoms with van der Waals surface area (Å²) in [6.07, 6.45) is 4.73. The van der Waals surface area contributed by atoms with Crippen molar-refractivity contribution in [2.24, 2.45) is 4.99 Å². The molecule has 0 aliphatic carbocycles. The molecule has 2 heterocycles. The van der Waals surface area contributed by atoms with Crippen molar-refractivity contribution in [1.82, 2.24) is 24.8 Å². The van der Waals surface area contributed by atoms with E-state index in [1.807, 2.05) is 32.4 Å². The second-order valence-corrected chi connectivity index (χ2v) is 7.98. The van der Waals surface area contributed by atoms with E-state index in [4.69, 9.17) is 4.74 Å². The van der Waals surface area contributed by atoms with Gasteiger partial charge in [-0.3, -0.25) is 4.99 Å². The number of rotatable bonds is 9. The van der Waals surface area contributed by atoms with Crippen molar-refractivity contribution < 1.29 is 4.74 Å². The molecule has 9 heteroatoms. The number of benzene rings is 1. The zero-order chi connectivity index (χ0) is 21.3. The molecule has 2 aromatic heterocycles. The minimum Gasteiger partial charge on any atom is -0.375 e. The maximum Gasteiger partial charge on any atom is 0.193 e. The number of hydrogen-bond donors (Lipinski definition) is 1. The van der Waals surface area contributed by atoms with Crippen LogP contribution >= 0.6 is 35.3 Å². The summed E-state index contributed by atoms with van der Waals surface area (Å²) in [6, 6.07) is 10.4. The molecule has 0 aliphatic rings. The van der Waals surface area contributed by atoms with Crippen molar-refractivity contribution in [2.45, 2.75) is 32.5 Å². The second-order valence-electron chi connectivity index (χ2n) is 7.09. The molecule has 1 N–H and O–H groups in total. The van der Waals surface area contributed by atoms with Crippen molar-refractivity contribution >= 4 is 41.3 Å². The smallest absolute Gasteiger partial charge is 0.193 e. The van der Waals surface area contributed by atoms with Gasteiger partial charge in [-0.15, -0.1) is 35.3 Å². The van der Waals surface area contributed by atoms with Gasteiger partial charge < -0.3 is 19.5 Å². The van der Waals surface area contributed by atoms with E-state index in [9.17, 15) is 0 Å². The summed E-state index contributed by atoms with van der Waals surface area (Å²) >= 11 is 1.63. The molecule has 0 saturated carbocycles. The summed E-state index contributed by atoms with van der Waals surface area (Å²) in [7, 11) is 5.52. The van der Waals surface area contributed by atoms with Crippen LogP contribution in [0.1, 0.15) is 35.1 Å². The number of guanidine groups is 1. The predicted octanol–water partition coefficient (Wildman–Crippen LogP) is 3.96. The largest absolute Gasteiger partial charge is 0.375 e. The Labute approximate surface area is 205 Å². The van der Waals surface area contributed by atoms with Gasteiger partial charge in [-0.05, 0) is 12.5 Å². The molecule has 1 atom stereocenters. The molecule has 0 amide bonds. The van der Waals surface area contributed by atoms with E-state index in [0.29, 0.717) is 6.54 Å². The average molecular weight is 555 g/mol. The first-order chi connectivity index (χ1) is 14.6. The lowest BCUT2D eigenvalue weighted by molar-refractivity contribution is 0.119. The number of aromatic nitrogens is 3. The lowest BCUT2D eigenvalue weighted by Gasteiger charge is -2.21. The number of methoxy groups -OCH3 is 1. The highest BCUT2D eigenvalue weighted by molar-refractivity contribution is 14.0. The third kappa shape index (κ3) is 7.29. The highest BCUT2D eigenvalue weighted by Gasteiger charge is 2.13. The highest BCUT2D eigenvalue weighted by atomic mass is 127. The fourth-order valence-corrected chi connectivity index (χ4v) is 4.01. The molecule has 31 heavy (non-hydrogen) atoms. The molecule has 3 rings (SSSR count). The highest BCUT2D eigenvalue weighted by Crippen LogP contribution is 2.20. The fourth-order valence-electron chi connectivity index (χ4n) is 3.16. The zero-order valence-electron chi connectivity index (χ0n) is 18.5. The van der Waals surface area contributed by atoms with Gasteiger partial charge in [0.1, 0.15) is 16.9 Å². The van der Waals surface area contributed by atoms with Gasteiger partial charge in [0.2, 0.25) is 0 Å². The van der Waals surface area contributed by atoms with E-state index < -0.39 is 0 Å². The first-order valence-electron chi connectivity index (χ1n) is 10.0. The Morgan fingerprint density at radius 2 is 2.10 bits per heavy atom. The molecule has 0 bridgehead atoms. The molecule has 0 fully saturated rings. The Morgan fingerprint density at radius 1 is 1.32 bits per heavy atom. The summed E-state index contributed by atoms with van der Waals surface area (Å²) in [6.45, 7) is 4.28. The number of hydrogen-bond acceptors (Lipinski definition) is 5. The van der Waals surface area contributed by atoms with Crippen LogP contribution in [-0.2, 0) is 24.2 Å². The Hall–Kier alpha value is -1.98. The molecule has 0 aliphatic heterocycles. The molecule has 1 aromatic carbocycles. The van der Waals surface area contributed by atoms with Gasteiger partial charge in [0.25, 0.3) is 0 Å². The topological polar surface area (TPSA) is 67.6 Å². The number of imidazole rings is 1. The van der Waals surface area contributed by atoms with Crippen molar-refractivity contribution in [2.75, 3.05) is 27.7 Å². The third-order valence-corrected chi connectivity index (χ3v) is 5.93.